The first-order chi connectivity index (χ1) is 15.4. The Morgan fingerprint density at radius 3 is 2.44 bits per heavy atom. The molecule has 0 fully saturated rings. The fraction of sp³-hybridized carbons (Fsp3) is 0.160. The summed E-state index contributed by atoms with van der Waals surface area (Å²) in [5.74, 6) is 0.0465. The predicted molar refractivity (Wildman–Crippen MR) is 127 cm³/mol. The van der Waals surface area contributed by atoms with Gasteiger partial charge in [0.15, 0.2) is 6.61 Å². The molecule has 3 rings (SSSR count). The lowest BCUT2D eigenvalue weighted by Gasteiger charge is -2.08. The molecule has 0 aliphatic rings. The lowest BCUT2D eigenvalue weighted by Crippen LogP contribution is -2.24. The Labute approximate surface area is 195 Å². The second-order valence-corrected chi connectivity index (χ2v) is 7.93. The summed E-state index contributed by atoms with van der Waals surface area (Å²) in [6.45, 7) is 3.85. The van der Waals surface area contributed by atoms with Gasteiger partial charge in [0, 0.05) is 10.0 Å². The Bertz CT molecular complexity index is 1110. The Morgan fingerprint density at radius 1 is 1.03 bits per heavy atom. The van der Waals surface area contributed by atoms with Crippen LogP contribution in [0, 0.1) is 6.92 Å². The number of nitrogens with one attached hydrogen (secondary N) is 1. The number of rotatable bonds is 8. The van der Waals surface area contributed by atoms with Gasteiger partial charge in [0.1, 0.15) is 11.5 Å². The quantitative estimate of drug-likeness (QED) is 0.205. The van der Waals surface area contributed by atoms with Crippen molar-refractivity contribution in [2.24, 2.45) is 5.10 Å². The minimum atomic E-state index is -0.478. The molecule has 0 bridgehead atoms. The van der Waals surface area contributed by atoms with Crippen molar-refractivity contribution in [3.05, 3.63) is 93.5 Å². The van der Waals surface area contributed by atoms with E-state index in [0.717, 1.165) is 16.5 Å². The van der Waals surface area contributed by atoms with Gasteiger partial charge in [0.25, 0.3) is 5.91 Å². The number of halogens is 1. The third-order valence-electron chi connectivity index (χ3n) is 4.56. The van der Waals surface area contributed by atoms with Gasteiger partial charge >= 0.3 is 5.97 Å². The lowest BCUT2D eigenvalue weighted by atomic mass is 10.1. The first kappa shape index (κ1) is 23.2. The number of hydrogen-bond donors (Lipinski definition) is 1. The van der Waals surface area contributed by atoms with Crippen LogP contribution in [-0.4, -0.2) is 24.7 Å². The molecule has 0 atom stereocenters. The van der Waals surface area contributed by atoms with E-state index in [-0.39, 0.29) is 6.61 Å². The number of ether oxygens (including phenoxy) is 2. The monoisotopic (exact) mass is 494 g/mol. The van der Waals surface area contributed by atoms with E-state index in [4.69, 9.17) is 9.47 Å². The van der Waals surface area contributed by atoms with Crippen molar-refractivity contribution in [3.63, 3.8) is 0 Å². The van der Waals surface area contributed by atoms with Crippen LogP contribution < -0.4 is 14.9 Å². The van der Waals surface area contributed by atoms with Crippen LogP contribution in [0.4, 0.5) is 0 Å². The van der Waals surface area contributed by atoms with E-state index >= 15 is 0 Å². The fourth-order valence-corrected chi connectivity index (χ4v) is 3.12. The van der Waals surface area contributed by atoms with E-state index in [1.165, 1.54) is 11.8 Å². The van der Waals surface area contributed by atoms with Crippen LogP contribution in [0.25, 0.3) is 0 Å². The largest absolute Gasteiger partial charge is 0.484 e. The minimum absolute atomic E-state index is 0.170. The second kappa shape index (κ2) is 11.2. The topological polar surface area (TPSA) is 77.0 Å². The van der Waals surface area contributed by atoms with Crippen LogP contribution in [0.3, 0.4) is 0 Å². The maximum Gasteiger partial charge on any atom is 0.343 e. The average Bonchev–Trinajstić information content (AvgIpc) is 2.80. The number of aryl methyl sites for hydroxylation is 2. The Morgan fingerprint density at radius 2 is 1.75 bits per heavy atom. The summed E-state index contributed by atoms with van der Waals surface area (Å²) >= 11 is 3.39. The molecule has 0 heterocycles. The summed E-state index contributed by atoms with van der Waals surface area (Å²) in [4.78, 5) is 24.5. The van der Waals surface area contributed by atoms with E-state index in [0.29, 0.717) is 22.6 Å². The number of hydrazone groups is 1. The first-order valence-corrected chi connectivity index (χ1v) is 10.9. The number of hydrogen-bond acceptors (Lipinski definition) is 5. The molecule has 0 aromatic heterocycles. The van der Waals surface area contributed by atoms with Crippen LogP contribution in [0.15, 0.2) is 76.3 Å². The van der Waals surface area contributed by atoms with E-state index < -0.39 is 11.9 Å². The van der Waals surface area contributed by atoms with E-state index in [1.807, 2.05) is 43.3 Å². The molecular weight excluding hydrogens is 472 g/mol. The van der Waals surface area contributed by atoms with Gasteiger partial charge in [-0.25, -0.2) is 10.2 Å². The molecule has 32 heavy (non-hydrogen) atoms. The molecule has 3 aromatic rings. The summed E-state index contributed by atoms with van der Waals surface area (Å²) < 4.78 is 11.8. The van der Waals surface area contributed by atoms with Gasteiger partial charge in [-0.1, -0.05) is 52.7 Å². The normalized spacial score (nSPS) is 10.7. The summed E-state index contributed by atoms with van der Waals surface area (Å²) in [6, 6.07) is 19.8. The smallest absolute Gasteiger partial charge is 0.343 e. The second-order valence-electron chi connectivity index (χ2n) is 7.02. The molecule has 0 saturated carbocycles. The maximum atomic E-state index is 12.4. The molecule has 0 aliphatic heterocycles. The molecule has 0 saturated heterocycles. The SMILES string of the molecule is CCc1ccc(OCC(=O)NN=Cc2cc(Br)ccc2OC(=O)c2ccc(C)cc2)cc1. The van der Waals surface area contributed by atoms with Crippen molar-refractivity contribution in [3.8, 4) is 11.5 Å². The summed E-state index contributed by atoms with van der Waals surface area (Å²) in [7, 11) is 0. The molecule has 0 unspecified atom stereocenters. The van der Waals surface area contributed by atoms with Gasteiger partial charge in [-0.15, -0.1) is 0 Å². The highest BCUT2D eigenvalue weighted by Crippen LogP contribution is 2.23. The van der Waals surface area contributed by atoms with Crippen molar-refractivity contribution in [1.82, 2.24) is 5.43 Å². The molecule has 0 spiro atoms. The number of amides is 1. The number of benzene rings is 3. The number of esters is 1. The molecule has 164 valence electrons. The number of carbonyl (C=O) groups is 2. The van der Waals surface area contributed by atoms with Crippen molar-refractivity contribution in [2.75, 3.05) is 6.61 Å². The van der Waals surface area contributed by atoms with Crippen molar-refractivity contribution < 1.29 is 19.1 Å². The van der Waals surface area contributed by atoms with Crippen LogP contribution >= 0.6 is 15.9 Å². The van der Waals surface area contributed by atoms with Crippen molar-refractivity contribution in [1.29, 1.82) is 0 Å². The van der Waals surface area contributed by atoms with Crippen LogP contribution in [-0.2, 0) is 11.2 Å². The van der Waals surface area contributed by atoms with E-state index in [9.17, 15) is 9.59 Å². The molecule has 0 aliphatic carbocycles. The highest BCUT2D eigenvalue weighted by Gasteiger charge is 2.11. The van der Waals surface area contributed by atoms with E-state index in [1.54, 1.807) is 30.3 Å². The predicted octanol–water partition coefficient (Wildman–Crippen LogP) is 5.07. The molecule has 1 amide bonds. The zero-order chi connectivity index (χ0) is 22.9. The van der Waals surface area contributed by atoms with Gasteiger partial charge in [0.05, 0.1) is 11.8 Å². The first-order valence-electron chi connectivity index (χ1n) is 10.1. The lowest BCUT2D eigenvalue weighted by molar-refractivity contribution is -0.123. The zero-order valence-electron chi connectivity index (χ0n) is 17.8. The summed E-state index contributed by atoms with van der Waals surface area (Å²) in [5.41, 5.74) is 5.62. The zero-order valence-corrected chi connectivity index (χ0v) is 19.4. The standard InChI is InChI=1S/C25H23BrN2O4/c1-3-18-6-11-22(12-7-18)31-16-24(29)28-27-15-20-14-21(26)10-13-23(20)32-25(30)19-8-4-17(2)5-9-19/h4-15H,3,16H2,1-2H3,(H,28,29). The van der Waals surface area contributed by atoms with Crippen molar-refractivity contribution in [2.45, 2.75) is 20.3 Å². The highest BCUT2D eigenvalue weighted by atomic mass is 79.9. The number of nitrogens with zero attached hydrogens (tertiary/aromatic N) is 1. The van der Waals surface area contributed by atoms with Gasteiger partial charge in [-0.2, -0.15) is 5.10 Å². The Hall–Kier alpha value is -3.45. The third-order valence-corrected chi connectivity index (χ3v) is 5.05. The molecule has 0 radical (unpaired) electrons. The van der Waals surface area contributed by atoms with Crippen LogP contribution in [0.5, 0.6) is 11.5 Å². The summed E-state index contributed by atoms with van der Waals surface area (Å²) in [6.07, 6.45) is 2.35. The molecule has 7 heteroatoms. The van der Waals surface area contributed by atoms with Crippen LogP contribution in [0.1, 0.15) is 34.0 Å². The Kier molecular flexibility index (Phi) is 8.16. The van der Waals surface area contributed by atoms with Gasteiger partial charge in [0.2, 0.25) is 0 Å². The molecule has 3 aromatic carbocycles. The molecular formula is C25H23BrN2O4. The van der Waals surface area contributed by atoms with Gasteiger partial charge in [-0.3, -0.25) is 4.79 Å². The summed E-state index contributed by atoms with van der Waals surface area (Å²) in [5, 5.41) is 3.96. The number of carbonyl (C=O) groups excluding carboxylic acids is 2. The average molecular weight is 495 g/mol. The van der Waals surface area contributed by atoms with E-state index in [2.05, 4.69) is 33.4 Å². The fourth-order valence-electron chi connectivity index (χ4n) is 2.74. The Balaban J connectivity index is 1.59. The maximum absolute atomic E-state index is 12.4. The van der Waals surface area contributed by atoms with Gasteiger partial charge in [-0.05, 0) is 61.4 Å². The molecule has 1 N–H and O–H groups in total. The third kappa shape index (κ3) is 6.78. The van der Waals surface area contributed by atoms with Gasteiger partial charge < -0.3 is 9.47 Å². The van der Waals surface area contributed by atoms with Crippen LogP contribution in [0.2, 0.25) is 0 Å². The minimum Gasteiger partial charge on any atom is -0.484 e. The highest BCUT2D eigenvalue weighted by molar-refractivity contribution is 9.10. The molecule has 6 nitrogen and oxygen atoms in total. The van der Waals surface area contributed by atoms with Crippen molar-refractivity contribution >= 4 is 34.0 Å².